The zero-order valence-corrected chi connectivity index (χ0v) is 24.8. The number of piperidine rings is 1. The number of benzene rings is 2. The highest BCUT2D eigenvalue weighted by Crippen LogP contribution is 2.54. The van der Waals surface area contributed by atoms with Crippen LogP contribution in [0.15, 0.2) is 35.2 Å². The van der Waals surface area contributed by atoms with Gasteiger partial charge in [0.1, 0.15) is 0 Å². The minimum atomic E-state index is -3.80. The number of sulfonamides is 1. The van der Waals surface area contributed by atoms with E-state index < -0.39 is 10.0 Å². The number of hydrogen-bond donors (Lipinski definition) is 3. The molecule has 2 aromatic carbocycles. The highest BCUT2D eigenvalue weighted by atomic mass is 32.2. The number of likely N-dealkylation sites (N-methyl/N-ethyl adjacent to an activating group) is 1. The molecule has 11 heteroatoms. The molecule has 1 amide bonds. The topological polar surface area (TPSA) is 114 Å². The van der Waals surface area contributed by atoms with Crippen LogP contribution in [0.25, 0.3) is 0 Å². The smallest absolute Gasteiger partial charge is 0.255 e. The lowest BCUT2D eigenvalue weighted by Crippen LogP contribution is -2.41. The zero-order valence-electron chi connectivity index (χ0n) is 24.0. The molecule has 41 heavy (non-hydrogen) atoms. The van der Waals surface area contributed by atoms with E-state index in [2.05, 4.69) is 38.7 Å². The van der Waals surface area contributed by atoms with Crippen molar-refractivity contribution >= 4 is 38.7 Å². The van der Waals surface area contributed by atoms with Gasteiger partial charge in [0.15, 0.2) is 0 Å². The molecule has 0 radical (unpaired) electrons. The highest BCUT2D eigenvalue weighted by molar-refractivity contribution is 7.89. The van der Waals surface area contributed by atoms with Crippen molar-refractivity contribution in [3.63, 3.8) is 0 Å². The van der Waals surface area contributed by atoms with Crippen LogP contribution in [0.5, 0.6) is 0 Å². The molecule has 3 aliphatic heterocycles. The van der Waals surface area contributed by atoms with Crippen LogP contribution >= 0.6 is 0 Å². The summed E-state index contributed by atoms with van der Waals surface area (Å²) in [5, 5.41) is 12.3. The van der Waals surface area contributed by atoms with E-state index in [1.165, 1.54) is 24.6 Å². The van der Waals surface area contributed by atoms with Gasteiger partial charge in [-0.25, -0.2) is 13.1 Å². The van der Waals surface area contributed by atoms with Gasteiger partial charge in [-0.1, -0.05) is 0 Å². The monoisotopic (exact) mass is 583 g/mol. The van der Waals surface area contributed by atoms with Crippen LogP contribution in [-0.4, -0.2) is 85.1 Å². The Morgan fingerprint density at radius 2 is 1.83 bits per heavy atom. The second-order valence-corrected chi connectivity index (χ2v) is 13.8. The summed E-state index contributed by atoms with van der Waals surface area (Å²) in [6.45, 7) is 6.48. The van der Waals surface area contributed by atoms with Crippen LogP contribution in [0.2, 0.25) is 0 Å². The fourth-order valence-corrected chi connectivity index (χ4v) is 7.56. The Hall–Kier alpha value is -2.86. The highest BCUT2D eigenvalue weighted by Gasteiger charge is 2.44. The van der Waals surface area contributed by atoms with Gasteiger partial charge in [-0.2, -0.15) is 0 Å². The molecule has 0 bridgehead atoms. The Bertz CT molecular complexity index is 1420. The minimum absolute atomic E-state index is 0.0554. The Morgan fingerprint density at radius 1 is 1.05 bits per heavy atom. The quantitative estimate of drug-likeness (QED) is 0.435. The third-order valence-corrected chi connectivity index (χ3v) is 10.6. The maximum Gasteiger partial charge on any atom is 0.255 e. The molecule has 1 saturated carbocycles. The summed E-state index contributed by atoms with van der Waals surface area (Å²) in [6, 6.07) is 8.84. The number of hydrogen-bond acceptors (Lipinski definition) is 8. The van der Waals surface area contributed by atoms with Gasteiger partial charge in [0, 0.05) is 51.9 Å². The Labute approximate surface area is 242 Å². The molecule has 6 rings (SSSR count). The van der Waals surface area contributed by atoms with Crippen LogP contribution in [-0.2, 0) is 21.2 Å². The lowest BCUT2D eigenvalue weighted by Gasteiger charge is -2.35. The molecule has 0 unspecified atom stereocenters. The standard InChI is InChI=1S/C30H41N5O5S/c1-21-20-35(14-16-40-21)27-18-23(17-22-5-11-33(2)28(22)27)29(37)32-25-4-3-24(41(38,39)31-10-15-36)19-26(25)34-12-8-30(6-7-30)9-13-34/h3-4,17-19,21,31,36H,5-16,20H2,1-2H3,(H,32,37)/t21-/m0/s1. The minimum Gasteiger partial charge on any atom is -0.395 e. The molecule has 3 heterocycles. The number of carbonyl (C=O) groups is 1. The summed E-state index contributed by atoms with van der Waals surface area (Å²) in [5.74, 6) is -0.212. The summed E-state index contributed by atoms with van der Waals surface area (Å²) in [7, 11) is -1.70. The molecule has 0 aromatic heterocycles. The first kappa shape index (κ1) is 28.3. The molecule has 1 aliphatic carbocycles. The molecule has 2 saturated heterocycles. The van der Waals surface area contributed by atoms with E-state index in [0.717, 1.165) is 63.2 Å². The van der Waals surface area contributed by atoms with Crippen molar-refractivity contribution in [1.82, 2.24) is 4.72 Å². The van der Waals surface area contributed by atoms with Gasteiger partial charge in [-0.3, -0.25) is 4.79 Å². The van der Waals surface area contributed by atoms with E-state index in [-0.39, 0.29) is 30.1 Å². The molecular formula is C30H41N5O5S. The first-order chi connectivity index (χ1) is 19.7. The largest absolute Gasteiger partial charge is 0.395 e. The summed E-state index contributed by atoms with van der Waals surface area (Å²) < 4.78 is 34.0. The van der Waals surface area contributed by atoms with Gasteiger partial charge in [0.25, 0.3) is 5.91 Å². The van der Waals surface area contributed by atoms with Crippen molar-refractivity contribution in [2.75, 3.05) is 79.5 Å². The molecule has 10 nitrogen and oxygen atoms in total. The average molecular weight is 584 g/mol. The summed E-state index contributed by atoms with van der Waals surface area (Å²) >= 11 is 0. The third kappa shape index (κ3) is 5.77. The normalized spacial score (nSPS) is 21.7. The van der Waals surface area contributed by atoms with E-state index in [9.17, 15) is 13.2 Å². The summed E-state index contributed by atoms with van der Waals surface area (Å²) in [5.41, 5.74) is 5.77. The van der Waals surface area contributed by atoms with Crippen LogP contribution in [0.1, 0.15) is 48.5 Å². The van der Waals surface area contributed by atoms with Crippen molar-refractivity contribution in [3.8, 4) is 0 Å². The number of carbonyl (C=O) groups excluding carboxylic acids is 1. The third-order valence-electron chi connectivity index (χ3n) is 9.16. The number of aliphatic hydroxyl groups is 1. The second kappa shape index (κ2) is 11.1. The molecule has 3 fully saturated rings. The van der Waals surface area contributed by atoms with Crippen molar-refractivity contribution < 1.29 is 23.1 Å². The fourth-order valence-electron chi connectivity index (χ4n) is 6.52. The van der Waals surface area contributed by atoms with Crippen LogP contribution < -0.4 is 24.7 Å². The van der Waals surface area contributed by atoms with Gasteiger partial charge in [0.2, 0.25) is 10.0 Å². The number of ether oxygens (including phenoxy) is 1. The molecule has 3 N–H and O–H groups in total. The lowest BCUT2D eigenvalue weighted by atomic mass is 9.93. The van der Waals surface area contributed by atoms with Crippen molar-refractivity contribution in [3.05, 3.63) is 41.5 Å². The Balaban J connectivity index is 1.31. The average Bonchev–Trinajstić information content (AvgIpc) is 3.62. The number of nitrogens with zero attached hydrogens (tertiary/aromatic N) is 3. The van der Waals surface area contributed by atoms with E-state index >= 15 is 0 Å². The lowest BCUT2D eigenvalue weighted by molar-refractivity contribution is 0.0532. The number of amides is 1. The number of nitrogens with one attached hydrogen (secondary N) is 2. The van der Waals surface area contributed by atoms with Gasteiger partial charge in [0.05, 0.1) is 47.0 Å². The summed E-state index contributed by atoms with van der Waals surface area (Å²) in [6.07, 6.45) is 5.67. The number of fused-ring (bicyclic) bond motifs is 1. The number of anilines is 4. The number of morpholine rings is 1. The van der Waals surface area contributed by atoms with Crippen LogP contribution in [0.3, 0.4) is 0 Å². The molecule has 1 atom stereocenters. The van der Waals surface area contributed by atoms with E-state index in [4.69, 9.17) is 9.84 Å². The maximum absolute atomic E-state index is 13.8. The molecular weight excluding hydrogens is 542 g/mol. The molecule has 1 spiro atoms. The molecule has 2 aromatic rings. The predicted octanol–water partition coefficient (Wildman–Crippen LogP) is 2.81. The van der Waals surface area contributed by atoms with Gasteiger partial charge in [-0.15, -0.1) is 0 Å². The van der Waals surface area contributed by atoms with E-state index in [1.54, 1.807) is 12.1 Å². The van der Waals surface area contributed by atoms with Crippen molar-refractivity contribution in [2.45, 2.75) is 50.0 Å². The van der Waals surface area contributed by atoms with Gasteiger partial charge in [-0.05, 0) is 80.3 Å². The SMILES string of the molecule is C[C@H]1CN(c2cc(C(=O)Nc3ccc(S(=O)(=O)NCCO)cc3N3CCC4(CC3)CC4)cc3c2N(C)CC3)CCO1. The predicted molar refractivity (Wildman–Crippen MR) is 161 cm³/mol. The van der Waals surface area contributed by atoms with Crippen molar-refractivity contribution in [1.29, 1.82) is 0 Å². The maximum atomic E-state index is 13.8. The number of aliphatic hydroxyl groups excluding tert-OH is 1. The molecule has 222 valence electrons. The van der Waals surface area contributed by atoms with E-state index in [0.29, 0.717) is 29.0 Å². The zero-order chi connectivity index (χ0) is 28.8. The molecule has 4 aliphatic rings. The fraction of sp³-hybridized carbons (Fsp3) is 0.567. The Morgan fingerprint density at radius 3 is 2.54 bits per heavy atom. The second-order valence-electron chi connectivity index (χ2n) is 12.0. The van der Waals surface area contributed by atoms with Crippen molar-refractivity contribution in [2.24, 2.45) is 5.41 Å². The summed E-state index contributed by atoms with van der Waals surface area (Å²) in [4.78, 5) is 20.7. The van der Waals surface area contributed by atoms with Crippen LogP contribution in [0.4, 0.5) is 22.7 Å². The number of rotatable bonds is 8. The Kier molecular flexibility index (Phi) is 7.65. The van der Waals surface area contributed by atoms with Crippen LogP contribution in [0, 0.1) is 5.41 Å². The first-order valence-electron chi connectivity index (χ1n) is 14.7. The van der Waals surface area contributed by atoms with Gasteiger partial charge < -0.3 is 29.9 Å². The van der Waals surface area contributed by atoms with Gasteiger partial charge >= 0.3 is 0 Å². The van der Waals surface area contributed by atoms with E-state index in [1.807, 2.05) is 12.1 Å². The first-order valence-corrected chi connectivity index (χ1v) is 16.2.